The normalized spacial score (nSPS) is 23.7. The average molecular weight is 393 g/mol. The molecule has 0 aromatic carbocycles. The van der Waals surface area contributed by atoms with Gasteiger partial charge in [-0.25, -0.2) is 4.79 Å². The van der Waals surface area contributed by atoms with Crippen molar-refractivity contribution in [1.29, 1.82) is 0 Å². The molecule has 1 saturated carbocycles. The molecule has 1 saturated heterocycles. The number of carbonyl (C=O) groups excluding carboxylic acids is 3. The van der Waals surface area contributed by atoms with E-state index >= 15 is 0 Å². The molecule has 2 fully saturated rings. The number of piperazine rings is 1. The van der Waals surface area contributed by atoms with Crippen LogP contribution in [0.1, 0.15) is 42.3 Å². The summed E-state index contributed by atoms with van der Waals surface area (Å²) in [6.07, 6.45) is 4.43. The van der Waals surface area contributed by atoms with Gasteiger partial charge < -0.3 is 10.2 Å². The van der Waals surface area contributed by atoms with Crippen molar-refractivity contribution in [1.82, 2.24) is 20.4 Å². The Labute approximate surface area is 164 Å². The molecule has 3 rings (SSSR count). The summed E-state index contributed by atoms with van der Waals surface area (Å²) in [4.78, 5) is 41.1. The highest BCUT2D eigenvalue weighted by Crippen LogP contribution is 2.23. The molecule has 27 heavy (non-hydrogen) atoms. The van der Waals surface area contributed by atoms with Crippen LogP contribution in [0.15, 0.2) is 17.5 Å². The van der Waals surface area contributed by atoms with Crippen LogP contribution in [0.3, 0.4) is 0 Å². The van der Waals surface area contributed by atoms with Crippen LogP contribution in [0.5, 0.6) is 0 Å². The van der Waals surface area contributed by atoms with Gasteiger partial charge in [0.25, 0.3) is 5.91 Å². The van der Waals surface area contributed by atoms with E-state index < -0.39 is 6.03 Å². The molecular weight excluding hydrogens is 364 g/mol. The van der Waals surface area contributed by atoms with Crippen molar-refractivity contribution in [3.63, 3.8) is 0 Å². The summed E-state index contributed by atoms with van der Waals surface area (Å²) in [5.74, 6) is 0.206. The Hall–Kier alpha value is -1.93. The molecule has 2 aliphatic rings. The zero-order valence-electron chi connectivity index (χ0n) is 15.8. The van der Waals surface area contributed by atoms with E-state index in [1.807, 2.05) is 27.3 Å². The highest BCUT2D eigenvalue weighted by atomic mass is 32.1. The second kappa shape index (κ2) is 9.32. The Morgan fingerprint density at radius 1 is 1.15 bits per heavy atom. The summed E-state index contributed by atoms with van der Waals surface area (Å²) in [5.41, 5.74) is 0. The largest absolute Gasteiger partial charge is 0.335 e. The van der Waals surface area contributed by atoms with E-state index in [0.717, 1.165) is 24.1 Å². The Morgan fingerprint density at radius 2 is 1.89 bits per heavy atom. The molecule has 1 aromatic rings. The van der Waals surface area contributed by atoms with Gasteiger partial charge >= 0.3 is 6.03 Å². The van der Waals surface area contributed by atoms with Crippen LogP contribution in [0.25, 0.3) is 0 Å². The third-order valence-corrected chi connectivity index (χ3v) is 6.30. The van der Waals surface area contributed by atoms with Crippen molar-refractivity contribution in [3.05, 3.63) is 22.4 Å². The maximum absolute atomic E-state index is 12.3. The van der Waals surface area contributed by atoms with Gasteiger partial charge in [-0.1, -0.05) is 25.8 Å². The van der Waals surface area contributed by atoms with Crippen molar-refractivity contribution in [3.8, 4) is 0 Å². The van der Waals surface area contributed by atoms with Crippen LogP contribution >= 0.6 is 11.3 Å². The molecule has 148 valence electrons. The molecule has 0 spiro atoms. The van der Waals surface area contributed by atoms with E-state index in [4.69, 9.17) is 0 Å². The van der Waals surface area contributed by atoms with Crippen LogP contribution in [0, 0.1) is 5.92 Å². The smallest absolute Gasteiger partial charge is 0.321 e. The highest BCUT2D eigenvalue weighted by molar-refractivity contribution is 7.12. The summed E-state index contributed by atoms with van der Waals surface area (Å²) in [5, 5.41) is 7.27. The lowest BCUT2D eigenvalue weighted by Gasteiger charge is -2.34. The number of carbonyl (C=O) groups is 3. The van der Waals surface area contributed by atoms with Gasteiger partial charge in [-0.2, -0.15) is 0 Å². The van der Waals surface area contributed by atoms with Crippen molar-refractivity contribution in [2.24, 2.45) is 5.92 Å². The van der Waals surface area contributed by atoms with Crippen molar-refractivity contribution in [2.45, 2.75) is 38.6 Å². The third-order valence-electron chi connectivity index (χ3n) is 5.44. The van der Waals surface area contributed by atoms with E-state index in [1.165, 1.54) is 17.8 Å². The van der Waals surface area contributed by atoms with E-state index in [9.17, 15) is 14.4 Å². The SMILES string of the molecule is C[C@H]1CCCC[C@@H]1NC(=O)NC(=O)CN1CCN(C(=O)c2cccs2)CC1. The zero-order chi connectivity index (χ0) is 19.2. The second-order valence-corrected chi connectivity index (χ2v) is 8.38. The second-order valence-electron chi connectivity index (χ2n) is 7.44. The molecule has 0 radical (unpaired) electrons. The highest BCUT2D eigenvalue weighted by Gasteiger charge is 2.26. The third kappa shape index (κ3) is 5.52. The lowest BCUT2D eigenvalue weighted by Crippen LogP contribution is -2.53. The Morgan fingerprint density at radius 3 is 2.56 bits per heavy atom. The molecule has 1 aromatic heterocycles. The van der Waals surface area contributed by atoms with Crippen molar-refractivity contribution < 1.29 is 14.4 Å². The summed E-state index contributed by atoms with van der Waals surface area (Å²) in [6.45, 7) is 4.76. The summed E-state index contributed by atoms with van der Waals surface area (Å²) in [6, 6.07) is 3.46. The molecule has 8 heteroatoms. The maximum atomic E-state index is 12.3. The molecule has 7 nitrogen and oxygen atoms in total. The number of urea groups is 1. The number of imide groups is 1. The van der Waals surface area contributed by atoms with E-state index in [0.29, 0.717) is 32.1 Å². The van der Waals surface area contributed by atoms with E-state index in [2.05, 4.69) is 17.6 Å². The standard InChI is InChI=1S/C19H28N4O3S/c1-14-5-2-3-6-15(14)20-19(26)21-17(24)13-22-8-10-23(11-9-22)18(25)16-7-4-12-27-16/h4,7,12,14-15H,2-3,5-6,8-11,13H2,1H3,(H2,20,21,24,26)/t14-,15-/m0/s1. The minimum Gasteiger partial charge on any atom is -0.335 e. The predicted octanol–water partition coefficient (Wildman–Crippen LogP) is 1.91. The topological polar surface area (TPSA) is 81.8 Å². The molecule has 2 atom stereocenters. The van der Waals surface area contributed by atoms with Gasteiger partial charge in [0.15, 0.2) is 0 Å². The fraction of sp³-hybridized carbons (Fsp3) is 0.632. The van der Waals surface area contributed by atoms with Crippen LogP contribution < -0.4 is 10.6 Å². The number of rotatable bonds is 4. The number of hydrogen-bond donors (Lipinski definition) is 2. The number of nitrogens with one attached hydrogen (secondary N) is 2. The van der Waals surface area contributed by atoms with Gasteiger partial charge in [0.1, 0.15) is 0 Å². The molecule has 1 aliphatic carbocycles. The molecule has 0 bridgehead atoms. The molecule has 4 amide bonds. The van der Waals surface area contributed by atoms with Crippen molar-refractivity contribution in [2.75, 3.05) is 32.7 Å². The fourth-order valence-electron chi connectivity index (χ4n) is 3.77. The lowest BCUT2D eigenvalue weighted by atomic mass is 9.86. The van der Waals surface area contributed by atoms with Gasteiger partial charge in [0.2, 0.25) is 5.91 Å². The Balaban J connectivity index is 1.37. The minimum atomic E-state index is -0.398. The fourth-order valence-corrected chi connectivity index (χ4v) is 4.46. The molecule has 1 aliphatic heterocycles. The lowest BCUT2D eigenvalue weighted by molar-refractivity contribution is -0.121. The summed E-state index contributed by atoms with van der Waals surface area (Å²) < 4.78 is 0. The quantitative estimate of drug-likeness (QED) is 0.820. The average Bonchev–Trinajstić information content (AvgIpc) is 3.18. The van der Waals surface area contributed by atoms with Gasteiger partial charge in [0.05, 0.1) is 11.4 Å². The van der Waals surface area contributed by atoms with Gasteiger partial charge in [0, 0.05) is 32.2 Å². The molecule has 0 unspecified atom stereocenters. The van der Waals surface area contributed by atoms with Gasteiger partial charge in [-0.05, 0) is 30.2 Å². The van der Waals surface area contributed by atoms with Crippen LogP contribution in [0.2, 0.25) is 0 Å². The van der Waals surface area contributed by atoms with Crippen LogP contribution in [-0.2, 0) is 4.79 Å². The molecule has 2 heterocycles. The molecular formula is C19H28N4O3S. The predicted molar refractivity (Wildman–Crippen MR) is 105 cm³/mol. The first-order valence-electron chi connectivity index (χ1n) is 9.68. The maximum Gasteiger partial charge on any atom is 0.321 e. The Bertz CT molecular complexity index is 656. The first-order valence-corrected chi connectivity index (χ1v) is 10.6. The zero-order valence-corrected chi connectivity index (χ0v) is 16.6. The minimum absolute atomic E-state index is 0.0510. The van der Waals surface area contributed by atoms with Gasteiger partial charge in [-0.15, -0.1) is 11.3 Å². The van der Waals surface area contributed by atoms with E-state index in [1.54, 1.807) is 0 Å². The molecule has 2 N–H and O–H groups in total. The number of thiophene rings is 1. The Kier molecular flexibility index (Phi) is 6.84. The van der Waals surface area contributed by atoms with Crippen LogP contribution in [0.4, 0.5) is 4.79 Å². The first-order chi connectivity index (χ1) is 13.0. The summed E-state index contributed by atoms with van der Waals surface area (Å²) >= 11 is 1.44. The number of amides is 4. The first kappa shape index (κ1) is 19.8. The summed E-state index contributed by atoms with van der Waals surface area (Å²) in [7, 11) is 0. The van der Waals surface area contributed by atoms with Gasteiger partial charge in [-0.3, -0.25) is 19.8 Å². The van der Waals surface area contributed by atoms with Crippen LogP contribution in [-0.4, -0.2) is 66.4 Å². The van der Waals surface area contributed by atoms with Crippen molar-refractivity contribution >= 4 is 29.2 Å². The van der Waals surface area contributed by atoms with E-state index in [-0.39, 0.29) is 24.4 Å². The number of nitrogens with zero attached hydrogens (tertiary/aromatic N) is 2. The monoisotopic (exact) mass is 392 g/mol. The number of hydrogen-bond acceptors (Lipinski definition) is 5.